The lowest BCUT2D eigenvalue weighted by Crippen LogP contribution is -2.37. The van der Waals surface area contributed by atoms with Crippen molar-refractivity contribution in [2.45, 2.75) is 17.9 Å². The molecule has 5 aromatic rings. The number of fused-ring (bicyclic) bond motifs is 2. The van der Waals surface area contributed by atoms with Gasteiger partial charge in [0.1, 0.15) is 5.70 Å². The topological polar surface area (TPSA) is 94.3 Å². The molecule has 43 heavy (non-hydrogen) atoms. The number of thioether (sulfide) groups is 1. The van der Waals surface area contributed by atoms with Crippen LogP contribution in [0.1, 0.15) is 27.0 Å². The SMILES string of the molecule is O=C(Nc1ccc(SCC(=O)N2CCc3ccccc3C2)cc1)/C(=C\c1c[nH]c2ccccc12)NC(=O)c1ccccc1. The zero-order valence-electron chi connectivity index (χ0n) is 23.4. The van der Waals surface area contributed by atoms with Crippen LogP contribution in [0.2, 0.25) is 0 Å². The van der Waals surface area contributed by atoms with Gasteiger partial charge in [-0.1, -0.05) is 60.7 Å². The van der Waals surface area contributed by atoms with Gasteiger partial charge in [-0.25, -0.2) is 0 Å². The quantitative estimate of drug-likeness (QED) is 0.148. The largest absolute Gasteiger partial charge is 0.361 e. The minimum absolute atomic E-state index is 0.109. The maximum Gasteiger partial charge on any atom is 0.272 e. The standard InChI is InChI=1S/C35H30N4O3S/c40-33(39-19-18-24-8-4-5-11-26(24)22-39)23-43-29-16-14-28(15-17-29)37-35(42)32(38-34(41)25-9-2-1-3-10-25)20-27-21-36-31-13-7-6-12-30(27)31/h1-17,20-21,36H,18-19,22-23H2,(H,37,42)(H,38,41)/b32-20+. The first kappa shape index (κ1) is 28.1. The predicted octanol–water partition coefficient (Wildman–Crippen LogP) is 6.25. The Morgan fingerprint density at radius 2 is 1.56 bits per heavy atom. The summed E-state index contributed by atoms with van der Waals surface area (Å²) in [7, 11) is 0. The molecule has 1 aliphatic heterocycles. The van der Waals surface area contributed by atoms with Crippen molar-refractivity contribution in [1.82, 2.24) is 15.2 Å². The Kier molecular flexibility index (Phi) is 8.38. The number of H-pyrrole nitrogens is 1. The Morgan fingerprint density at radius 1 is 0.837 bits per heavy atom. The molecule has 0 atom stereocenters. The lowest BCUT2D eigenvalue weighted by atomic mass is 10.00. The molecule has 0 saturated heterocycles. The third-order valence-corrected chi connectivity index (χ3v) is 8.40. The number of hydrogen-bond acceptors (Lipinski definition) is 4. The maximum absolute atomic E-state index is 13.4. The number of carbonyl (C=O) groups excluding carboxylic acids is 3. The Bertz CT molecular complexity index is 1810. The summed E-state index contributed by atoms with van der Waals surface area (Å²) in [6, 6.07) is 32.2. The van der Waals surface area contributed by atoms with Crippen molar-refractivity contribution in [2.24, 2.45) is 0 Å². The molecule has 214 valence electrons. The van der Waals surface area contributed by atoms with Gasteiger partial charge in [-0.2, -0.15) is 0 Å². The van der Waals surface area contributed by atoms with E-state index in [1.807, 2.05) is 65.7 Å². The van der Waals surface area contributed by atoms with Gasteiger partial charge in [0.25, 0.3) is 11.8 Å². The molecule has 4 aromatic carbocycles. The average molecular weight is 587 g/mol. The van der Waals surface area contributed by atoms with E-state index >= 15 is 0 Å². The number of hydrogen-bond donors (Lipinski definition) is 3. The molecule has 2 heterocycles. The molecule has 0 aliphatic carbocycles. The van der Waals surface area contributed by atoms with Gasteiger partial charge in [0, 0.05) is 51.9 Å². The van der Waals surface area contributed by atoms with Crippen LogP contribution in [0.25, 0.3) is 17.0 Å². The van der Waals surface area contributed by atoms with Crippen molar-refractivity contribution in [1.29, 1.82) is 0 Å². The van der Waals surface area contributed by atoms with E-state index in [-0.39, 0.29) is 17.5 Å². The Balaban J connectivity index is 1.12. The van der Waals surface area contributed by atoms with Crippen LogP contribution in [-0.4, -0.2) is 39.9 Å². The first-order valence-electron chi connectivity index (χ1n) is 14.1. The van der Waals surface area contributed by atoms with Crippen LogP contribution in [0.15, 0.2) is 120 Å². The number of carbonyl (C=O) groups is 3. The zero-order chi connectivity index (χ0) is 29.6. The van der Waals surface area contributed by atoms with Crippen LogP contribution in [0.4, 0.5) is 5.69 Å². The number of rotatable bonds is 8. The van der Waals surface area contributed by atoms with Crippen molar-refractivity contribution in [2.75, 3.05) is 17.6 Å². The molecule has 0 saturated carbocycles. The van der Waals surface area contributed by atoms with E-state index in [9.17, 15) is 14.4 Å². The monoisotopic (exact) mass is 586 g/mol. The van der Waals surface area contributed by atoms with Gasteiger partial charge in [0.2, 0.25) is 5.91 Å². The summed E-state index contributed by atoms with van der Waals surface area (Å²) >= 11 is 1.47. The van der Waals surface area contributed by atoms with E-state index in [1.54, 1.807) is 42.5 Å². The predicted molar refractivity (Wildman–Crippen MR) is 172 cm³/mol. The first-order valence-corrected chi connectivity index (χ1v) is 15.0. The summed E-state index contributed by atoms with van der Waals surface area (Å²) in [6.45, 7) is 1.38. The number of para-hydroxylation sites is 1. The molecule has 7 nitrogen and oxygen atoms in total. The summed E-state index contributed by atoms with van der Waals surface area (Å²) in [5.41, 5.74) is 5.38. The molecule has 0 unspecified atom stereocenters. The number of aromatic nitrogens is 1. The lowest BCUT2D eigenvalue weighted by molar-refractivity contribution is -0.129. The Morgan fingerprint density at radius 3 is 2.37 bits per heavy atom. The van der Waals surface area contributed by atoms with Crippen LogP contribution in [-0.2, 0) is 22.6 Å². The van der Waals surface area contributed by atoms with Crippen molar-refractivity contribution in [3.63, 3.8) is 0 Å². The van der Waals surface area contributed by atoms with Crippen LogP contribution in [0, 0.1) is 0 Å². The van der Waals surface area contributed by atoms with Crippen LogP contribution >= 0.6 is 11.8 Å². The second-order valence-electron chi connectivity index (χ2n) is 10.3. The second kappa shape index (κ2) is 12.8. The van der Waals surface area contributed by atoms with Gasteiger partial charge in [0.05, 0.1) is 5.75 Å². The zero-order valence-corrected chi connectivity index (χ0v) is 24.2. The first-order chi connectivity index (χ1) is 21.0. The summed E-state index contributed by atoms with van der Waals surface area (Å²) in [4.78, 5) is 45.3. The number of benzene rings is 4. The molecule has 3 N–H and O–H groups in total. The highest BCUT2D eigenvalue weighted by atomic mass is 32.2. The third-order valence-electron chi connectivity index (χ3n) is 7.41. The minimum atomic E-state index is -0.449. The van der Waals surface area contributed by atoms with Gasteiger partial charge < -0.3 is 20.5 Å². The average Bonchev–Trinajstić information content (AvgIpc) is 3.46. The van der Waals surface area contributed by atoms with Gasteiger partial charge in [-0.15, -0.1) is 11.8 Å². The fourth-order valence-electron chi connectivity index (χ4n) is 5.09. The molecule has 1 aromatic heterocycles. The maximum atomic E-state index is 13.4. The molecule has 0 spiro atoms. The second-order valence-corrected chi connectivity index (χ2v) is 11.3. The lowest BCUT2D eigenvalue weighted by Gasteiger charge is -2.28. The van der Waals surface area contributed by atoms with E-state index in [0.717, 1.165) is 34.3 Å². The molecule has 1 aliphatic rings. The van der Waals surface area contributed by atoms with Crippen molar-refractivity contribution in [3.05, 3.63) is 137 Å². The number of amides is 3. The molecule has 0 bridgehead atoms. The Hall–Kier alpha value is -5.08. The molecular weight excluding hydrogens is 556 g/mol. The number of nitrogens with zero attached hydrogens (tertiary/aromatic N) is 1. The van der Waals surface area contributed by atoms with E-state index in [1.165, 1.54) is 22.9 Å². The third kappa shape index (κ3) is 6.71. The Labute approximate surface area is 254 Å². The van der Waals surface area contributed by atoms with E-state index < -0.39 is 5.91 Å². The summed E-state index contributed by atoms with van der Waals surface area (Å²) in [5, 5.41) is 6.62. The highest BCUT2D eigenvalue weighted by Gasteiger charge is 2.20. The molecule has 0 fully saturated rings. The smallest absolute Gasteiger partial charge is 0.272 e. The van der Waals surface area contributed by atoms with Gasteiger partial charge >= 0.3 is 0 Å². The van der Waals surface area contributed by atoms with Gasteiger partial charge in [-0.3, -0.25) is 14.4 Å². The number of aromatic amines is 1. The summed E-state index contributed by atoms with van der Waals surface area (Å²) in [5.74, 6) is -0.374. The van der Waals surface area contributed by atoms with Gasteiger partial charge in [0.15, 0.2) is 0 Å². The number of anilines is 1. The minimum Gasteiger partial charge on any atom is -0.361 e. The van der Waals surface area contributed by atoms with E-state index in [4.69, 9.17) is 0 Å². The fraction of sp³-hybridized carbons (Fsp3) is 0.114. The molecule has 6 rings (SSSR count). The summed E-state index contributed by atoms with van der Waals surface area (Å²) < 4.78 is 0. The number of nitrogens with one attached hydrogen (secondary N) is 3. The highest BCUT2D eigenvalue weighted by Crippen LogP contribution is 2.24. The normalized spacial score (nSPS) is 12.9. The van der Waals surface area contributed by atoms with Gasteiger partial charge in [-0.05, 0) is 66.1 Å². The summed E-state index contributed by atoms with van der Waals surface area (Å²) in [6.07, 6.45) is 4.36. The molecule has 3 amide bonds. The van der Waals surface area contributed by atoms with Crippen molar-refractivity contribution >= 4 is 52.1 Å². The van der Waals surface area contributed by atoms with E-state index in [0.29, 0.717) is 23.5 Å². The van der Waals surface area contributed by atoms with Crippen molar-refractivity contribution < 1.29 is 14.4 Å². The fourth-order valence-corrected chi connectivity index (χ4v) is 5.89. The molecule has 0 radical (unpaired) electrons. The van der Waals surface area contributed by atoms with Crippen LogP contribution in [0.5, 0.6) is 0 Å². The van der Waals surface area contributed by atoms with Crippen molar-refractivity contribution in [3.8, 4) is 0 Å². The molecular formula is C35H30N4O3S. The molecule has 8 heteroatoms. The van der Waals surface area contributed by atoms with Crippen LogP contribution in [0.3, 0.4) is 0 Å². The van der Waals surface area contributed by atoms with E-state index in [2.05, 4.69) is 27.8 Å². The van der Waals surface area contributed by atoms with Crippen LogP contribution < -0.4 is 10.6 Å². The highest BCUT2D eigenvalue weighted by molar-refractivity contribution is 8.00.